The van der Waals surface area contributed by atoms with Crippen molar-refractivity contribution >= 4 is 6.29 Å². The van der Waals surface area contributed by atoms with Crippen molar-refractivity contribution in [1.29, 1.82) is 0 Å². The molecule has 1 aromatic carbocycles. The first-order chi connectivity index (χ1) is 7.22. The van der Waals surface area contributed by atoms with Crippen molar-refractivity contribution in [3.05, 3.63) is 47.3 Å². The molecule has 1 aromatic heterocycles. The highest BCUT2D eigenvalue weighted by Gasteiger charge is 2.05. The first kappa shape index (κ1) is 9.65. The van der Waals surface area contributed by atoms with Crippen LogP contribution in [0.25, 0.3) is 5.69 Å². The van der Waals surface area contributed by atoms with Crippen molar-refractivity contribution < 1.29 is 4.79 Å². The van der Waals surface area contributed by atoms with Gasteiger partial charge in [-0.25, -0.2) is 4.68 Å². The van der Waals surface area contributed by atoms with E-state index in [4.69, 9.17) is 0 Å². The smallest absolute Gasteiger partial charge is 0.153 e. The highest BCUT2D eigenvalue weighted by Crippen LogP contribution is 2.17. The van der Waals surface area contributed by atoms with Gasteiger partial charge in [-0.3, -0.25) is 4.79 Å². The Hall–Kier alpha value is -1.90. The Bertz CT molecular complexity index is 480. The predicted molar refractivity (Wildman–Crippen MR) is 58.4 cm³/mol. The summed E-state index contributed by atoms with van der Waals surface area (Å²) in [5.41, 5.74) is 3.94. The fraction of sp³-hybridized carbons (Fsp3) is 0.167. The van der Waals surface area contributed by atoms with Crippen LogP contribution in [0.15, 0.2) is 30.6 Å². The number of para-hydroxylation sites is 1. The summed E-state index contributed by atoms with van der Waals surface area (Å²) in [5.74, 6) is 0. The molecule has 0 aliphatic heterocycles. The van der Waals surface area contributed by atoms with E-state index in [0.717, 1.165) is 23.1 Å². The van der Waals surface area contributed by atoms with E-state index < -0.39 is 0 Å². The minimum atomic E-state index is 0.595. The summed E-state index contributed by atoms with van der Waals surface area (Å²) in [7, 11) is 0. The molecule has 1 heterocycles. The van der Waals surface area contributed by atoms with Crippen LogP contribution >= 0.6 is 0 Å². The van der Waals surface area contributed by atoms with Crippen molar-refractivity contribution in [3.63, 3.8) is 0 Å². The lowest BCUT2D eigenvalue weighted by Gasteiger charge is -2.08. The van der Waals surface area contributed by atoms with E-state index in [1.807, 2.05) is 32.0 Å². The molecule has 0 saturated heterocycles. The SMILES string of the molecule is Cc1cccc(C)c1-n1cc(C=O)cn1. The standard InChI is InChI=1S/C12H12N2O/c1-9-4-3-5-10(2)12(9)14-7-11(8-15)6-13-14/h3-8H,1-2H3. The zero-order valence-electron chi connectivity index (χ0n) is 8.77. The maximum Gasteiger partial charge on any atom is 0.153 e. The van der Waals surface area contributed by atoms with Gasteiger partial charge in [0.1, 0.15) is 0 Å². The molecule has 15 heavy (non-hydrogen) atoms. The van der Waals surface area contributed by atoms with Crippen molar-refractivity contribution in [3.8, 4) is 5.69 Å². The van der Waals surface area contributed by atoms with Gasteiger partial charge < -0.3 is 0 Å². The lowest BCUT2D eigenvalue weighted by Crippen LogP contribution is -1.99. The monoisotopic (exact) mass is 200 g/mol. The van der Waals surface area contributed by atoms with Crippen LogP contribution in [0, 0.1) is 13.8 Å². The third-order valence-corrected chi connectivity index (χ3v) is 2.41. The number of benzene rings is 1. The number of rotatable bonds is 2. The molecule has 0 unspecified atom stereocenters. The summed E-state index contributed by atoms with van der Waals surface area (Å²) in [6.07, 6.45) is 4.11. The molecule has 0 fully saturated rings. The number of nitrogens with zero attached hydrogens (tertiary/aromatic N) is 2. The number of aromatic nitrogens is 2. The van der Waals surface area contributed by atoms with Crippen LogP contribution in [0.2, 0.25) is 0 Å². The first-order valence-corrected chi connectivity index (χ1v) is 4.79. The minimum absolute atomic E-state index is 0.595. The van der Waals surface area contributed by atoms with Gasteiger partial charge in [0.25, 0.3) is 0 Å². The molecule has 0 amide bonds. The Morgan fingerprint density at radius 3 is 2.47 bits per heavy atom. The number of carbonyl (C=O) groups excluding carboxylic acids is 1. The molecule has 0 aliphatic carbocycles. The Morgan fingerprint density at radius 1 is 1.27 bits per heavy atom. The fourth-order valence-corrected chi connectivity index (χ4v) is 1.69. The average Bonchev–Trinajstić information content (AvgIpc) is 2.66. The summed E-state index contributed by atoms with van der Waals surface area (Å²) in [6, 6.07) is 6.08. The molecule has 0 spiro atoms. The lowest BCUT2D eigenvalue weighted by molar-refractivity contribution is 0.112. The van der Waals surface area contributed by atoms with Crippen LogP contribution in [0.4, 0.5) is 0 Å². The Morgan fingerprint density at radius 2 is 1.93 bits per heavy atom. The second kappa shape index (κ2) is 3.69. The molecule has 0 aliphatic rings. The zero-order chi connectivity index (χ0) is 10.8. The molecule has 2 aromatic rings. The highest BCUT2D eigenvalue weighted by atomic mass is 16.1. The van der Waals surface area contributed by atoms with Crippen molar-refractivity contribution in [1.82, 2.24) is 9.78 Å². The van der Waals surface area contributed by atoms with Crippen LogP contribution in [0.3, 0.4) is 0 Å². The largest absolute Gasteiger partial charge is 0.298 e. The normalized spacial score (nSPS) is 10.3. The first-order valence-electron chi connectivity index (χ1n) is 4.79. The molecule has 0 bridgehead atoms. The number of aldehydes is 1. The number of aryl methyl sites for hydroxylation is 2. The molecule has 76 valence electrons. The van der Waals surface area contributed by atoms with Gasteiger partial charge in [-0.1, -0.05) is 18.2 Å². The number of hydrogen-bond acceptors (Lipinski definition) is 2. The second-order valence-corrected chi connectivity index (χ2v) is 3.58. The van der Waals surface area contributed by atoms with E-state index >= 15 is 0 Å². The summed E-state index contributed by atoms with van der Waals surface area (Å²) < 4.78 is 1.74. The second-order valence-electron chi connectivity index (χ2n) is 3.58. The lowest BCUT2D eigenvalue weighted by atomic mass is 10.1. The van der Waals surface area contributed by atoms with E-state index in [1.165, 1.54) is 0 Å². The Kier molecular flexibility index (Phi) is 2.37. The fourth-order valence-electron chi connectivity index (χ4n) is 1.69. The van der Waals surface area contributed by atoms with Crippen LogP contribution in [-0.4, -0.2) is 16.1 Å². The summed E-state index contributed by atoms with van der Waals surface area (Å²) in [4.78, 5) is 10.6. The summed E-state index contributed by atoms with van der Waals surface area (Å²) in [6.45, 7) is 4.06. The molecule has 2 rings (SSSR count). The van der Waals surface area contributed by atoms with Gasteiger partial charge in [-0.15, -0.1) is 0 Å². The molecule has 0 atom stereocenters. The van der Waals surface area contributed by atoms with E-state index in [1.54, 1.807) is 17.1 Å². The molecule has 0 N–H and O–H groups in total. The van der Waals surface area contributed by atoms with E-state index in [2.05, 4.69) is 5.10 Å². The summed E-state index contributed by atoms with van der Waals surface area (Å²) >= 11 is 0. The maximum atomic E-state index is 10.6. The van der Waals surface area contributed by atoms with Gasteiger partial charge >= 0.3 is 0 Å². The molecule has 3 nitrogen and oxygen atoms in total. The molecular weight excluding hydrogens is 188 g/mol. The van der Waals surface area contributed by atoms with E-state index in [-0.39, 0.29) is 0 Å². The van der Waals surface area contributed by atoms with Gasteiger partial charge in [-0.2, -0.15) is 5.10 Å². The average molecular weight is 200 g/mol. The van der Waals surface area contributed by atoms with Crippen LogP contribution in [-0.2, 0) is 0 Å². The highest BCUT2D eigenvalue weighted by molar-refractivity contribution is 5.73. The molecule has 0 radical (unpaired) electrons. The zero-order valence-corrected chi connectivity index (χ0v) is 8.77. The third-order valence-electron chi connectivity index (χ3n) is 2.41. The van der Waals surface area contributed by atoms with E-state index in [9.17, 15) is 4.79 Å². The van der Waals surface area contributed by atoms with Gasteiger partial charge in [0, 0.05) is 6.20 Å². The molecule has 0 saturated carbocycles. The van der Waals surface area contributed by atoms with Crippen molar-refractivity contribution in [2.45, 2.75) is 13.8 Å². The predicted octanol–water partition coefficient (Wildman–Crippen LogP) is 2.30. The van der Waals surface area contributed by atoms with Crippen molar-refractivity contribution in [2.75, 3.05) is 0 Å². The minimum Gasteiger partial charge on any atom is -0.298 e. The maximum absolute atomic E-state index is 10.6. The van der Waals surface area contributed by atoms with Gasteiger partial charge in [0.2, 0.25) is 0 Å². The molecular formula is C12H12N2O. The number of hydrogen-bond donors (Lipinski definition) is 0. The molecule has 3 heteroatoms. The Balaban J connectivity index is 2.58. The van der Waals surface area contributed by atoms with Gasteiger partial charge in [0.05, 0.1) is 17.4 Å². The van der Waals surface area contributed by atoms with Crippen molar-refractivity contribution in [2.24, 2.45) is 0 Å². The quantitative estimate of drug-likeness (QED) is 0.697. The topological polar surface area (TPSA) is 34.9 Å². The van der Waals surface area contributed by atoms with Gasteiger partial charge in [0.15, 0.2) is 6.29 Å². The van der Waals surface area contributed by atoms with Crippen LogP contribution in [0.1, 0.15) is 21.5 Å². The van der Waals surface area contributed by atoms with E-state index in [0.29, 0.717) is 5.56 Å². The van der Waals surface area contributed by atoms with Crippen LogP contribution < -0.4 is 0 Å². The number of carbonyl (C=O) groups is 1. The summed E-state index contributed by atoms with van der Waals surface area (Å²) in [5, 5.41) is 4.16. The van der Waals surface area contributed by atoms with Crippen LogP contribution in [0.5, 0.6) is 0 Å². The third kappa shape index (κ3) is 1.68. The Labute approximate surface area is 88.4 Å². The van der Waals surface area contributed by atoms with Gasteiger partial charge in [-0.05, 0) is 25.0 Å².